The Morgan fingerprint density at radius 3 is 2.90 bits per heavy atom. The van der Waals surface area contributed by atoms with Crippen LogP contribution in [0.2, 0.25) is 0 Å². The number of nitrogens with two attached hydrogens (primary N) is 1. The number of nitriles is 1. The molecule has 1 aromatic carbocycles. The lowest BCUT2D eigenvalue weighted by atomic mass is 9.90. The molecule has 154 valence electrons. The molecule has 0 spiro atoms. The lowest BCUT2D eigenvalue weighted by Gasteiger charge is -2.23. The third kappa shape index (κ3) is 4.40. The Kier molecular flexibility index (Phi) is 6.05. The number of amides is 1. The number of ether oxygens (including phenoxy) is 1. The zero-order valence-electron chi connectivity index (χ0n) is 16.9. The van der Waals surface area contributed by atoms with Gasteiger partial charge in [0, 0.05) is 23.6 Å². The number of hydrogen-bond acceptors (Lipinski definition) is 4. The average molecular weight is 395 g/mol. The van der Waals surface area contributed by atoms with Gasteiger partial charge in [-0.25, -0.2) is 0 Å². The first-order chi connectivity index (χ1) is 14.2. The first-order valence-corrected chi connectivity index (χ1v) is 10.8. The maximum absolute atomic E-state index is 12.7. The number of likely N-dealkylation sites (tertiary alicyclic amines) is 1. The summed E-state index contributed by atoms with van der Waals surface area (Å²) in [6, 6.07) is 7.30. The molecule has 2 heterocycles. The highest BCUT2D eigenvalue weighted by Crippen LogP contribution is 2.28. The Morgan fingerprint density at radius 1 is 1.28 bits per heavy atom. The van der Waals surface area contributed by atoms with E-state index in [1.807, 2.05) is 18.3 Å². The molecule has 0 radical (unpaired) electrons. The topological polar surface area (TPSA) is 95.1 Å². The van der Waals surface area contributed by atoms with E-state index in [1.54, 1.807) is 4.90 Å². The van der Waals surface area contributed by atoms with E-state index < -0.39 is 6.04 Å². The van der Waals surface area contributed by atoms with Crippen molar-refractivity contribution < 1.29 is 9.53 Å². The fourth-order valence-electron chi connectivity index (χ4n) is 4.69. The van der Waals surface area contributed by atoms with Gasteiger partial charge in [-0.3, -0.25) is 4.79 Å². The van der Waals surface area contributed by atoms with Gasteiger partial charge in [0.05, 0.1) is 18.7 Å². The molecule has 1 aliphatic carbocycles. The van der Waals surface area contributed by atoms with Crippen LogP contribution in [0.25, 0.3) is 10.9 Å². The highest BCUT2D eigenvalue weighted by atomic mass is 16.5. The maximum atomic E-state index is 12.7. The number of nitrogens with zero attached hydrogens (tertiary/aromatic N) is 2. The Hall–Kier alpha value is -2.52. The van der Waals surface area contributed by atoms with Crippen molar-refractivity contribution in [3.05, 3.63) is 30.0 Å². The molecule has 2 fully saturated rings. The van der Waals surface area contributed by atoms with Gasteiger partial charge in [-0.05, 0) is 61.8 Å². The van der Waals surface area contributed by atoms with Crippen molar-refractivity contribution in [2.24, 2.45) is 11.7 Å². The largest absolute Gasteiger partial charge is 0.493 e. The van der Waals surface area contributed by atoms with E-state index in [2.05, 4.69) is 17.1 Å². The Labute approximate surface area is 172 Å². The molecular formula is C23H30N4O2. The lowest BCUT2D eigenvalue weighted by molar-refractivity contribution is -0.132. The summed E-state index contributed by atoms with van der Waals surface area (Å²) in [5.41, 5.74) is 8.27. The van der Waals surface area contributed by atoms with E-state index in [-0.39, 0.29) is 11.9 Å². The number of benzene rings is 1. The second kappa shape index (κ2) is 8.87. The van der Waals surface area contributed by atoms with Crippen LogP contribution in [0.3, 0.4) is 0 Å². The normalized spacial score (nSPS) is 21.2. The molecule has 4 rings (SSSR count). The van der Waals surface area contributed by atoms with Crippen molar-refractivity contribution >= 4 is 16.8 Å². The molecule has 1 aliphatic heterocycles. The SMILES string of the molecule is N#C[C@@H]1CCCN1C(=O)[C@@H](N)Cc1c[nH]c2ccc(OCC3CCCCC3)cc12. The smallest absolute Gasteiger partial charge is 0.240 e. The van der Waals surface area contributed by atoms with Crippen LogP contribution < -0.4 is 10.5 Å². The summed E-state index contributed by atoms with van der Waals surface area (Å²) >= 11 is 0. The van der Waals surface area contributed by atoms with E-state index in [0.29, 0.717) is 18.9 Å². The summed E-state index contributed by atoms with van der Waals surface area (Å²) in [5.74, 6) is 1.39. The summed E-state index contributed by atoms with van der Waals surface area (Å²) in [4.78, 5) is 17.6. The first-order valence-electron chi connectivity index (χ1n) is 10.8. The van der Waals surface area contributed by atoms with E-state index in [1.165, 1.54) is 32.1 Å². The van der Waals surface area contributed by atoms with Crippen molar-refractivity contribution in [1.29, 1.82) is 5.26 Å². The summed E-state index contributed by atoms with van der Waals surface area (Å²) in [7, 11) is 0. The van der Waals surface area contributed by atoms with E-state index >= 15 is 0 Å². The molecule has 0 bridgehead atoms. The third-order valence-corrected chi connectivity index (χ3v) is 6.39. The van der Waals surface area contributed by atoms with Crippen LogP contribution in [0.1, 0.15) is 50.5 Å². The highest BCUT2D eigenvalue weighted by Gasteiger charge is 2.31. The van der Waals surface area contributed by atoms with E-state index in [0.717, 1.165) is 41.7 Å². The van der Waals surface area contributed by atoms with E-state index in [4.69, 9.17) is 10.5 Å². The number of hydrogen-bond donors (Lipinski definition) is 2. The molecule has 3 N–H and O–H groups in total. The minimum Gasteiger partial charge on any atom is -0.493 e. The van der Waals surface area contributed by atoms with Crippen LogP contribution in [0.4, 0.5) is 0 Å². The Balaban J connectivity index is 1.43. The highest BCUT2D eigenvalue weighted by molar-refractivity contribution is 5.87. The number of carbonyl (C=O) groups excluding carboxylic acids is 1. The van der Waals surface area contributed by atoms with Gasteiger partial charge in [-0.1, -0.05) is 19.3 Å². The number of aromatic amines is 1. The second-order valence-corrected chi connectivity index (χ2v) is 8.47. The summed E-state index contributed by atoms with van der Waals surface area (Å²) in [5, 5.41) is 10.3. The molecule has 2 aromatic rings. The van der Waals surface area contributed by atoms with Crippen molar-refractivity contribution in [1.82, 2.24) is 9.88 Å². The molecule has 1 aromatic heterocycles. The number of aromatic nitrogens is 1. The van der Waals surface area contributed by atoms with E-state index in [9.17, 15) is 10.1 Å². The number of rotatable bonds is 6. The predicted octanol–water partition coefficient (Wildman–Crippen LogP) is 3.51. The second-order valence-electron chi connectivity index (χ2n) is 8.47. The minimum atomic E-state index is -0.644. The van der Waals surface area contributed by atoms with Crippen LogP contribution in [-0.2, 0) is 11.2 Å². The average Bonchev–Trinajstić information content (AvgIpc) is 3.39. The molecule has 1 amide bonds. The number of H-pyrrole nitrogens is 1. The van der Waals surface area contributed by atoms with Gasteiger partial charge in [-0.2, -0.15) is 5.26 Å². The zero-order valence-corrected chi connectivity index (χ0v) is 16.9. The molecular weight excluding hydrogens is 364 g/mol. The standard InChI is InChI=1S/C23H30N4O2/c24-13-18-7-4-10-27(18)23(28)21(25)11-17-14-26-22-9-8-19(12-20(17)22)29-15-16-5-2-1-3-6-16/h8-9,12,14,16,18,21,26H,1-7,10-11,15,25H2/t18-,21-/m0/s1. The molecule has 2 aliphatic rings. The molecule has 6 nitrogen and oxygen atoms in total. The number of carbonyl (C=O) groups is 1. The van der Waals surface area contributed by atoms with Crippen LogP contribution in [0.15, 0.2) is 24.4 Å². The minimum absolute atomic E-state index is 0.131. The van der Waals surface area contributed by atoms with Crippen molar-refractivity contribution in [2.75, 3.05) is 13.2 Å². The predicted molar refractivity (Wildman–Crippen MR) is 112 cm³/mol. The van der Waals surface area contributed by atoms with Crippen molar-refractivity contribution in [3.8, 4) is 11.8 Å². The fourth-order valence-corrected chi connectivity index (χ4v) is 4.69. The zero-order chi connectivity index (χ0) is 20.2. The molecule has 0 unspecified atom stereocenters. The number of nitrogens with one attached hydrogen (secondary N) is 1. The van der Waals surface area contributed by atoms with Crippen molar-refractivity contribution in [2.45, 2.75) is 63.5 Å². The Bertz CT molecular complexity index is 894. The number of fused-ring (bicyclic) bond motifs is 1. The molecule has 2 atom stereocenters. The van der Waals surface area contributed by atoms with Gasteiger partial charge in [-0.15, -0.1) is 0 Å². The van der Waals surface area contributed by atoms with Gasteiger partial charge in [0.2, 0.25) is 5.91 Å². The summed E-state index contributed by atoms with van der Waals surface area (Å²) in [6.45, 7) is 1.39. The summed E-state index contributed by atoms with van der Waals surface area (Å²) < 4.78 is 6.08. The monoisotopic (exact) mass is 394 g/mol. The molecule has 1 saturated carbocycles. The van der Waals surface area contributed by atoms with Gasteiger partial charge in [0.1, 0.15) is 11.8 Å². The van der Waals surface area contributed by atoms with Gasteiger partial charge < -0.3 is 20.4 Å². The fraction of sp³-hybridized carbons (Fsp3) is 0.565. The molecule has 1 saturated heterocycles. The van der Waals surface area contributed by atoms with Gasteiger partial charge >= 0.3 is 0 Å². The maximum Gasteiger partial charge on any atom is 0.240 e. The van der Waals surface area contributed by atoms with Gasteiger partial charge in [0.25, 0.3) is 0 Å². The van der Waals surface area contributed by atoms with Crippen LogP contribution in [-0.4, -0.2) is 41.0 Å². The van der Waals surface area contributed by atoms with Crippen LogP contribution >= 0.6 is 0 Å². The Morgan fingerprint density at radius 2 is 2.10 bits per heavy atom. The first kappa shape index (κ1) is 19.8. The van der Waals surface area contributed by atoms with Crippen molar-refractivity contribution in [3.63, 3.8) is 0 Å². The quantitative estimate of drug-likeness (QED) is 0.784. The van der Waals surface area contributed by atoms with Crippen LogP contribution in [0, 0.1) is 17.2 Å². The van der Waals surface area contributed by atoms with Gasteiger partial charge in [0.15, 0.2) is 0 Å². The third-order valence-electron chi connectivity index (χ3n) is 6.39. The molecule has 29 heavy (non-hydrogen) atoms. The molecule has 6 heteroatoms. The summed E-state index contributed by atoms with van der Waals surface area (Å²) in [6.07, 6.45) is 10.5. The van der Waals surface area contributed by atoms with Crippen LogP contribution in [0.5, 0.6) is 5.75 Å². The lowest BCUT2D eigenvalue weighted by Crippen LogP contribution is -2.46.